The normalized spacial score (nSPS) is 14.5. The Hall–Kier alpha value is -3.99. The quantitative estimate of drug-likeness (QED) is 0.404. The number of halogens is 2. The minimum Gasteiger partial charge on any atom is -0.340 e. The maximum atomic E-state index is 14.8. The molecule has 0 unspecified atom stereocenters. The smallest absolute Gasteiger partial charge is 0.229 e. The molecule has 2 N–H and O–H groups in total. The number of carbonyl (C=O) groups is 1. The summed E-state index contributed by atoms with van der Waals surface area (Å²) in [6.07, 6.45) is 2.82. The molecule has 0 atom stereocenters. The summed E-state index contributed by atoms with van der Waals surface area (Å²) in [7, 11) is 0. The largest absolute Gasteiger partial charge is 0.340 e. The molecule has 5 rings (SSSR count). The second-order valence-corrected chi connectivity index (χ2v) is 9.50. The Morgan fingerprint density at radius 3 is 2.54 bits per heavy atom. The van der Waals surface area contributed by atoms with Gasteiger partial charge < -0.3 is 10.2 Å². The lowest BCUT2D eigenvalue weighted by Gasteiger charge is -2.34. The number of nitrogens with one attached hydrogen (secondary N) is 2. The zero-order chi connectivity index (χ0) is 26.1. The molecule has 1 aliphatic heterocycles. The lowest BCUT2D eigenvalue weighted by Crippen LogP contribution is -2.47. The van der Waals surface area contributed by atoms with E-state index < -0.39 is 11.6 Å². The Labute approximate surface area is 212 Å². The van der Waals surface area contributed by atoms with E-state index in [1.165, 1.54) is 6.07 Å². The Bertz CT molecular complexity index is 1430. The molecule has 1 aromatic carbocycles. The van der Waals surface area contributed by atoms with Crippen molar-refractivity contribution in [3.8, 4) is 11.3 Å². The summed E-state index contributed by atoms with van der Waals surface area (Å²) in [5, 5.41) is 10.5. The summed E-state index contributed by atoms with van der Waals surface area (Å²) in [6.45, 7) is 9.35. The van der Waals surface area contributed by atoms with Crippen LogP contribution in [-0.4, -0.2) is 67.0 Å². The van der Waals surface area contributed by atoms with Crippen molar-refractivity contribution in [1.82, 2.24) is 34.9 Å². The van der Waals surface area contributed by atoms with Crippen molar-refractivity contribution in [3.05, 3.63) is 59.6 Å². The number of anilines is 2. The van der Waals surface area contributed by atoms with E-state index >= 15 is 0 Å². The predicted molar refractivity (Wildman–Crippen MR) is 136 cm³/mol. The highest BCUT2D eigenvalue weighted by atomic mass is 19.1. The van der Waals surface area contributed by atoms with Gasteiger partial charge in [-0.15, -0.1) is 0 Å². The molecular formula is C26H28F2N8O. The number of hydrogen-bond acceptors (Lipinski definition) is 7. The molecule has 0 bridgehead atoms. The number of benzene rings is 1. The standard InChI is InChI=1S/C26H28F2N8O/c1-15(2)23-19-10-18(11-20(27)25(19)34-33-23)24-21(28)13-30-26(32-24)31-22-5-4-17(12-29-22)14-35-6-8-36(9-7-35)16(3)37/h4-5,10-13,15H,6-9,14H2,1-3H3,(H,33,34)(H,29,30,31,32). The second-order valence-electron chi connectivity index (χ2n) is 9.50. The molecule has 37 heavy (non-hydrogen) atoms. The second kappa shape index (κ2) is 10.2. The molecule has 1 aliphatic rings. The van der Waals surface area contributed by atoms with Crippen LogP contribution in [0.15, 0.2) is 36.7 Å². The third-order valence-corrected chi connectivity index (χ3v) is 6.53. The SMILES string of the molecule is CC(=O)N1CCN(Cc2ccc(Nc3ncc(F)c(-c4cc(F)c5n[nH]c(C(C)C)c5c4)n3)nc2)CC1. The minimum absolute atomic E-state index is 0.0180. The Balaban J connectivity index is 1.31. The van der Waals surface area contributed by atoms with Crippen LogP contribution < -0.4 is 5.32 Å². The van der Waals surface area contributed by atoms with Gasteiger partial charge in [-0.05, 0) is 29.7 Å². The van der Waals surface area contributed by atoms with Crippen molar-refractivity contribution in [2.45, 2.75) is 33.2 Å². The Morgan fingerprint density at radius 1 is 1.08 bits per heavy atom. The van der Waals surface area contributed by atoms with Gasteiger partial charge in [0, 0.05) is 62.5 Å². The van der Waals surface area contributed by atoms with Gasteiger partial charge in [-0.1, -0.05) is 19.9 Å². The Morgan fingerprint density at radius 2 is 1.86 bits per heavy atom. The number of carbonyl (C=O) groups excluding carboxylic acids is 1. The molecule has 11 heteroatoms. The molecule has 1 amide bonds. The molecule has 4 aromatic rings. The molecule has 192 valence electrons. The molecule has 0 aliphatic carbocycles. The van der Waals surface area contributed by atoms with Crippen LogP contribution in [0.5, 0.6) is 0 Å². The van der Waals surface area contributed by atoms with Crippen molar-refractivity contribution in [3.63, 3.8) is 0 Å². The molecule has 0 saturated carbocycles. The molecule has 0 spiro atoms. The first-order valence-electron chi connectivity index (χ1n) is 12.2. The van der Waals surface area contributed by atoms with Gasteiger partial charge in [0.2, 0.25) is 11.9 Å². The summed E-state index contributed by atoms with van der Waals surface area (Å²) in [5.74, 6) is -0.369. The van der Waals surface area contributed by atoms with Crippen LogP contribution in [0.1, 0.15) is 37.9 Å². The minimum atomic E-state index is -0.660. The van der Waals surface area contributed by atoms with E-state index in [1.54, 1.807) is 25.3 Å². The third kappa shape index (κ3) is 5.26. The number of nitrogens with zero attached hydrogens (tertiary/aromatic N) is 6. The molecule has 1 saturated heterocycles. The maximum Gasteiger partial charge on any atom is 0.229 e. The lowest BCUT2D eigenvalue weighted by atomic mass is 10.0. The van der Waals surface area contributed by atoms with Crippen molar-refractivity contribution < 1.29 is 13.6 Å². The summed E-state index contributed by atoms with van der Waals surface area (Å²) < 4.78 is 29.5. The van der Waals surface area contributed by atoms with E-state index in [2.05, 4.69) is 35.4 Å². The molecule has 4 heterocycles. The third-order valence-electron chi connectivity index (χ3n) is 6.53. The van der Waals surface area contributed by atoms with E-state index in [-0.39, 0.29) is 29.0 Å². The fourth-order valence-electron chi connectivity index (χ4n) is 4.49. The number of fused-ring (bicyclic) bond motifs is 1. The monoisotopic (exact) mass is 506 g/mol. The first-order valence-corrected chi connectivity index (χ1v) is 12.2. The van der Waals surface area contributed by atoms with Crippen LogP contribution in [0.25, 0.3) is 22.2 Å². The topological polar surface area (TPSA) is 103 Å². The van der Waals surface area contributed by atoms with Crippen molar-refractivity contribution in [2.75, 3.05) is 31.5 Å². The summed E-state index contributed by atoms with van der Waals surface area (Å²) in [5.41, 5.74) is 2.30. The van der Waals surface area contributed by atoms with Crippen LogP contribution in [0.3, 0.4) is 0 Å². The van der Waals surface area contributed by atoms with Gasteiger partial charge in [-0.3, -0.25) is 14.8 Å². The maximum absolute atomic E-state index is 14.8. The van der Waals surface area contributed by atoms with Gasteiger partial charge in [0.1, 0.15) is 17.0 Å². The highest BCUT2D eigenvalue weighted by molar-refractivity contribution is 5.87. The zero-order valence-electron chi connectivity index (χ0n) is 20.9. The van der Waals surface area contributed by atoms with Gasteiger partial charge in [-0.25, -0.2) is 23.7 Å². The molecule has 1 fully saturated rings. The van der Waals surface area contributed by atoms with E-state index in [4.69, 9.17) is 0 Å². The first-order chi connectivity index (χ1) is 17.8. The number of amides is 1. The molecular weight excluding hydrogens is 478 g/mol. The van der Waals surface area contributed by atoms with Crippen LogP contribution in [0.4, 0.5) is 20.5 Å². The van der Waals surface area contributed by atoms with Crippen LogP contribution >= 0.6 is 0 Å². The zero-order valence-corrected chi connectivity index (χ0v) is 20.9. The molecule has 3 aromatic heterocycles. The van der Waals surface area contributed by atoms with Gasteiger partial charge in [0.25, 0.3) is 0 Å². The fraction of sp³-hybridized carbons (Fsp3) is 0.346. The average Bonchev–Trinajstić information content (AvgIpc) is 3.32. The van der Waals surface area contributed by atoms with Crippen LogP contribution in [0, 0.1) is 11.6 Å². The molecule has 9 nitrogen and oxygen atoms in total. The number of piperazine rings is 1. The van der Waals surface area contributed by atoms with Crippen molar-refractivity contribution in [2.24, 2.45) is 0 Å². The number of rotatable bonds is 6. The number of aromatic amines is 1. The highest BCUT2D eigenvalue weighted by Gasteiger charge is 2.19. The van der Waals surface area contributed by atoms with E-state index in [9.17, 15) is 13.6 Å². The fourth-order valence-corrected chi connectivity index (χ4v) is 4.49. The number of H-pyrrole nitrogens is 1. The summed E-state index contributed by atoms with van der Waals surface area (Å²) >= 11 is 0. The molecule has 0 radical (unpaired) electrons. The summed E-state index contributed by atoms with van der Waals surface area (Å²) in [4.78, 5) is 28.4. The van der Waals surface area contributed by atoms with Crippen LogP contribution in [-0.2, 0) is 11.3 Å². The van der Waals surface area contributed by atoms with Gasteiger partial charge >= 0.3 is 0 Å². The predicted octanol–water partition coefficient (Wildman–Crippen LogP) is 4.22. The Kier molecular flexibility index (Phi) is 6.79. The van der Waals surface area contributed by atoms with Gasteiger partial charge in [-0.2, -0.15) is 5.10 Å². The number of hydrogen-bond donors (Lipinski definition) is 2. The van der Waals surface area contributed by atoms with Gasteiger partial charge in [0.15, 0.2) is 11.6 Å². The number of pyridine rings is 1. The average molecular weight is 507 g/mol. The van der Waals surface area contributed by atoms with Crippen LogP contribution in [0.2, 0.25) is 0 Å². The first kappa shape index (κ1) is 24.7. The van der Waals surface area contributed by atoms with Gasteiger partial charge in [0.05, 0.1) is 6.20 Å². The lowest BCUT2D eigenvalue weighted by molar-refractivity contribution is -0.130. The number of aromatic nitrogens is 5. The van der Waals surface area contributed by atoms with E-state index in [1.807, 2.05) is 24.8 Å². The van der Waals surface area contributed by atoms with Crippen molar-refractivity contribution in [1.29, 1.82) is 0 Å². The van der Waals surface area contributed by atoms with Crippen molar-refractivity contribution >= 4 is 28.6 Å². The summed E-state index contributed by atoms with van der Waals surface area (Å²) in [6, 6.07) is 6.67. The highest BCUT2D eigenvalue weighted by Crippen LogP contribution is 2.31. The van der Waals surface area contributed by atoms with E-state index in [0.29, 0.717) is 16.8 Å². The van der Waals surface area contributed by atoms with E-state index in [0.717, 1.165) is 50.2 Å².